The van der Waals surface area contributed by atoms with Gasteiger partial charge in [0, 0.05) is 44.6 Å². The summed E-state index contributed by atoms with van der Waals surface area (Å²) in [5, 5.41) is 8.88. The molecule has 0 spiro atoms. The lowest BCUT2D eigenvalue weighted by atomic mass is 10.1. The van der Waals surface area contributed by atoms with Gasteiger partial charge in [-0.1, -0.05) is 12.1 Å². The highest BCUT2D eigenvalue weighted by Crippen LogP contribution is 2.11. The summed E-state index contributed by atoms with van der Waals surface area (Å²) in [4.78, 5) is 35.4. The monoisotopic (exact) mass is 338 g/mol. The Hall–Kier alpha value is -3.22. The Morgan fingerprint density at radius 3 is 2.24 bits per heavy atom. The highest BCUT2D eigenvalue weighted by atomic mass is 16.4. The lowest BCUT2D eigenvalue weighted by Crippen LogP contribution is -2.48. The van der Waals surface area contributed by atoms with Crippen LogP contribution in [-0.4, -0.2) is 58.0 Å². The maximum atomic E-state index is 12.3. The summed E-state index contributed by atoms with van der Waals surface area (Å²) in [7, 11) is 0. The van der Waals surface area contributed by atoms with Gasteiger partial charge >= 0.3 is 5.97 Å². The van der Waals surface area contributed by atoms with Crippen molar-refractivity contribution in [1.29, 1.82) is 0 Å². The number of piperazine rings is 1. The average molecular weight is 338 g/mol. The number of aromatic carboxylic acids is 1. The third-order valence-corrected chi connectivity index (χ3v) is 4.00. The number of aromatic nitrogens is 2. The first-order chi connectivity index (χ1) is 12.1. The van der Waals surface area contributed by atoms with Crippen LogP contribution in [0.5, 0.6) is 0 Å². The SMILES string of the molecule is O=C(O)c1ccc(/C=C/C(=O)N2CCN(c3ncccn3)CC2)cc1. The van der Waals surface area contributed by atoms with Crippen LogP contribution in [0, 0.1) is 0 Å². The lowest BCUT2D eigenvalue weighted by Gasteiger charge is -2.34. The summed E-state index contributed by atoms with van der Waals surface area (Å²) in [5.74, 6) is -0.341. The molecule has 3 rings (SSSR count). The van der Waals surface area contributed by atoms with Gasteiger partial charge in [0.2, 0.25) is 11.9 Å². The van der Waals surface area contributed by atoms with Crippen molar-refractivity contribution in [2.75, 3.05) is 31.1 Å². The largest absolute Gasteiger partial charge is 0.478 e. The first-order valence-corrected chi connectivity index (χ1v) is 7.96. The van der Waals surface area contributed by atoms with Crippen molar-refractivity contribution in [2.24, 2.45) is 0 Å². The topological polar surface area (TPSA) is 86.6 Å². The fraction of sp³-hybridized carbons (Fsp3) is 0.222. The van der Waals surface area contributed by atoms with E-state index in [1.165, 1.54) is 18.2 Å². The third-order valence-electron chi connectivity index (χ3n) is 4.00. The molecule has 1 fully saturated rings. The molecule has 1 aliphatic heterocycles. The number of benzene rings is 1. The first-order valence-electron chi connectivity index (χ1n) is 7.96. The van der Waals surface area contributed by atoms with Gasteiger partial charge in [0.1, 0.15) is 0 Å². The van der Waals surface area contributed by atoms with Gasteiger partial charge in [-0.05, 0) is 29.8 Å². The fourth-order valence-corrected chi connectivity index (χ4v) is 2.59. The molecule has 1 aliphatic rings. The molecule has 2 heterocycles. The van der Waals surface area contributed by atoms with E-state index in [0.29, 0.717) is 32.1 Å². The predicted molar refractivity (Wildman–Crippen MR) is 93.3 cm³/mol. The van der Waals surface area contributed by atoms with E-state index in [1.807, 2.05) is 0 Å². The molecule has 0 unspecified atom stereocenters. The fourth-order valence-electron chi connectivity index (χ4n) is 2.59. The molecular formula is C18H18N4O3. The Morgan fingerprint density at radius 1 is 1.00 bits per heavy atom. The van der Waals surface area contributed by atoms with Crippen molar-refractivity contribution < 1.29 is 14.7 Å². The van der Waals surface area contributed by atoms with Crippen molar-refractivity contribution in [3.05, 3.63) is 59.9 Å². The van der Waals surface area contributed by atoms with Gasteiger partial charge < -0.3 is 14.9 Å². The van der Waals surface area contributed by atoms with E-state index in [9.17, 15) is 9.59 Å². The zero-order chi connectivity index (χ0) is 17.6. The van der Waals surface area contributed by atoms with Gasteiger partial charge in [-0.3, -0.25) is 4.79 Å². The van der Waals surface area contributed by atoms with Crippen LogP contribution < -0.4 is 4.90 Å². The number of carboxylic acids is 1. The first kappa shape index (κ1) is 16.6. The highest BCUT2D eigenvalue weighted by molar-refractivity contribution is 5.92. The number of rotatable bonds is 4. The second-order valence-electron chi connectivity index (χ2n) is 5.62. The number of amides is 1. The quantitative estimate of drug-likeness (QED) is 0.851. The Balaban J connectivity index is 1.55. The van der Waals surface area contributed by atoms with Crippen LogP contribution >= 0.6 is 0 Å². The van der Waals surface area contributed by atoms with Crippen LogP contribution in [0.15, 0.2) is 48.8 Å². The number of hydrogen-bond donors (Lipinski definition) is 1. The molecule has 0 radical (unpaired) electrons. The molecule has 1 amide bonds. The number of nitrogens with zero attached hydrogens (tertiary/aromatic N) is 4. The summed E-state index contributed by atoms with van der Waals surface area (Å²) in [6.07, 6.45) is 6.63. The normalized spacial score (nSPS) is 14.7. The molecule has 2 aromatic rings. The molecule has 0 saturated carbocycles. The molecule has 1 N–H and O–H groups in total. The summed E-state index contributed by atoms with van der Waals surface area (Å²) >= 11 is 0. The molecule has 0 bridgehead atoms. The van der Waals surface area contributed by atoms with E-state index in [2.05, 4.69) is 14.9 Å². The van der Waals surface area contributed by atoms with Gasteiger partial charge in [0.25, 0.3) is 0 Å². The highest BCUT2D eigenvalue weighted by Gasteiger charge is 2.20. The Labute approximate surface area is 145 Å². The second-order valence-corrected chi connectivity index (χ2v) is 5.62. The Morgan fingerprint density at radius 2 is 1.64 bits per heavy atom. The summed E-state index contributed by atoms with van der Waals surface area (Å²) in [6.45, 7) is 2.60. The van der Waals surface area contributed by atoms with Crippen molar-refractivity contribution in [3.63, 3.8) is 0 Å². The summed E-state index contributed by atoms with van der Waals surface area (Å²) in [5.41, 5.74) is 1.01. The predicted octanol–water partition coefficient (Wildman–Crippen LogP) is 1.54. The van der Waals surface area contributed by atoms with Gasteiger partial charge in [-0.25, -0.2) is 14.8 Å². The standard InChI is InChI=1S/C18H18N4O3/c23-16(7-4-14-2-5-15(6-3-14)17(24)25)21-10-12-22(13-11-21)18-19-8-1-9-20-18/h1-9H,10-13H2,(H,24,25)/b7-4+. The molecule has 1 aromatic heterocycles. The lowest BCUT2D eigenvalue weighted by molar-refractivity contribution is -0.126. The van der Waals surface area contributed by atoms with Crippen LogP contribution in [0.1, 0.15) is 15.9 Å². The Kier molecular flexibility index (Phi) is 5.03. The molecule has 7 heteroatoms. The number of carbonyl (C=O) groups is 2. The summed E-state index contributed by atoms with van der Waals surface area (Å²) in [6, 6.07) is 8.17. The molecule has 7 nitrogen and oxygen atoms in total. The molecule has 1 aromatic carbocycles. The minimum absolute atomic E-state index is 0.0593. The van der Waals surface area contributed by atoms with Crippen LogP contribution in [0.3, 0.4) is 0 Å². The van der Waals surface area contributed by atoms with Crippen LogP contribution in [-0.2, 0) is 4.79 Å². The van der Waals surface area contributed by atoms with Gasteiger partial charge in [-0.15, -0.1) is 0 Å². The number of hydrogen-bond acceptors (Lipinski definition) is 5. The van der Waals surface area contributed by atoms with Gasteiger partial charge in [0.05, 0.1) is 5.56 Å². The Bertz CT molecular complexity index is 767. The van der Waals surface area contributed by atoms with Crippen LogP contribution in [0.4, 0.5) is 5.95 Å². The zero-order valence-electron chi connectivity index (χ0n) is 13.6. The molecule has 128 valence electrons. The van der Waals surface area contributed by atoms with E-state index >= 15 is 0 Å². The number of anilines is 1. The van der Waals surface area contributed by atoms with E-state index in [1.54, 1.807) is 41.6 Å². The summed E-state index contributed by atoms with van der Waals surface area (Å²) < 4.78 is 0. The smallest absolute Gasteiger partial charge is 0.335 e. The second kappa shape index (κ2) is 7.57. The zero-order valence-corrected chi connectivity index (χ0v) is 13.6. The van der Waals surface area contributed by atoms with Crippen molar-refractivity contribution in [3.8, 4) is 0 Å². The number of carbonyl (C=O) groups excluding carboxylic acids is 1. The van der Waals surface area contributed by atoms with E-state index < -0.39 is 5.97 Å². The van der Waals surface area contributed by atoms with Gasteiger partial charge in [-0.2, -0.15) is 0 Å². The van der Waals surface area contributed by atoms with Crippen LogP contribution in [0.25, 0.3) is 6.08 Å². The molecular weight excluding hydrogens is 320 g/mol. The van der Waals surface area contributed by atoms with E-state index in [0.717, 1.165) is 5.56 Å². The maximum absolute atomic E-state index is 12.3. The van der Waals surface area contributed by atoms with Crippen molar-refractivity contribution in [1.82, 2.24) is 14.9 Å². The number of carboxylic acid groups (broad SMARTS) is 1. The van der Waals surface area contributed by atoms with Gasteiger partial charge in [0.15, 0.2) is 0 Å². The molecule has 25 heavy (non-hydrogen) atoms. The van der Waals surface area contributed by atoms with E-state index in [4.69, 9.17) is 5.11 Å². The van der Waals surface area contributed by atoms with Crippen molar-refractivity contribution >= 4 is 23.9 Å². The molecule has 1 saturated heterocycles. The third kappa shape index (κ3) is 4.20. The van der Waals surface area contributed by atoms with E-state index in [-0.39, 0.29) is 11.5 Å². The van der Waals surface area contributed by atoms with Crippen LogP contribution in [0.2, 0.25) is 0 Å². The maximum Gasteiger partial charge on any atom is 0.335 e. The minimum Gasteiger partial charge on any atom is -0.478 e. The average Bonchev–Trinajstić information content (AvgIpc) is 2.67. The minimum atomic E-state index is -0.966. The molecule has 0 atom stereocenters. The van der Waals surface area contributed by atoms with Crippen molar-refractivity contribution in [2.45, 2.75) is 0 Å². The molecule has 0 aliphatic carbocycles.